The van der Waals surface area contributed by atoms with Gasteiger partial charge in [-0.1, -0.05) is 17.3 Å². The molecule has 0 unspecified atom stereocenters. The van der Waals surface area contributed by atoms with Gasteiger partial charge >= 0.3 is 0 Å². The highest BCUT2D eigenvalue weighted by atomic mass is 19.1. The number of halogens is 1. The van der Waals surface area contributed by atoms with E-state index < -0.39 is 0 Å². The zero-order valence-electron chi connectivity index (χ0n) is 16.7. The summed E-state index contributed by atoms with van der Waals surface area (Å²) in [6.07, 6.45) is 0. The lowest BCUT2D eigenvalue weighted by Crippen LogP contribution is -2.22. The second-order valence-corrected chi connectivity index (χ2v) is 6.69. The van der Waals surface area contributed by atoms with Crippen LogP contribution in [0.1, 0.15) is 16.1 Å². The van der Waals surface area contributed by atoms with Crippen molar-refractivity contribution in [2.75, 3.05) is 7.11 Å². The summed E-state index contributed by atoms with van der Waals surface area (Å²) in [5.41, 5.74) is 1.88. The Hall–Kier alpha value is -4.13. The van der Waals surface area contributed by atoms with Gasteiger partial charge in [-0.2, -0.15) is 0 Å². The van der Waals surface area contributed by atoms with Crippen LogP contribution >= 0.6 is 0 Å². The molecule has 31 heavy (non-hydrogen) atoms. The molecule has 0 bridgehead atoms. The Morgan fingerprint density at radius 1 is 0.935 bits per heavy atom. The number of hydrogen-bond donors (Lipinski definition) is 1. The minimum atomic E-state index is -0.338. The molecular weight excluding hydrogens is 399 g/mol. The minimum Gasteiger partial charge on any atom is -0.497 e. The topological polar surface area (TPSA) is 73.6 Å². The van der Waals surface area contributed by atoms with E-state index in [0.29, 0.717) is 23.8 Å². The Morgan fingerprint density at radius 2 is 1.55 bits per heavy atom. The second kappa shape index (κ2) is 9.13. The normalized spacial score (nSPS) is 10.5. The third-order valence-corrected chi connectivity index (χ3v) is 4.54. The van der Waals surface area contributed by atoms with Gasteiger partial charge in [-0.05, 0) is 66.2 Å². The van der Waals surface area contributed by atoms with Crippen LogP contribution in [0.4, 0.5) is 4.39 Å². The van der Waals surface area contributed by atoms with Gasteiger partial charge in [0.25, 0.3) is 5.91 Å². The molecule has 7 heteroatoms. The van der Waals surface area contributed by atoms with Crippen LogP contribution in [0, 0.1) is 5.82 Å². The van der Waals surface area contributed by atoms with Crippen LogP contribution in [0.15, 0.2) is 83.4 Å². The number of methoxy groups -OCH3 is 1. The quantitative estimate of drug-likeness (QED) is 0.446. The summed E-state index contributed by atoms with van der Waals surface area (Å²) in [6, 6.07) is 21.9. The lowest BCUT2D eigenvalue weighted by Gasteiger charge is -2.07. The molecule has 1 amide bonds. The van der Waals surface area contributed by atoms with Gasteiger partial charge in [0, 0.05) is 18.2 Å². The maximum Gasteiger partial charge on any atom is 0.273 e. The molecule has 1 heterocycles. The summed E-state index contributed by atoms with van der Waals surface area (Å²) in [5.74, 6) is 1.73. The van der Waals surface area contributed by atoms with E-state index in [9.17, 15) is 9.18 Å². The third-order valence-electron chi connectivity index (χ3n) is 4.54. The van der Waals surface area contributed by atoms with Crippen molar-refractivity contribution < 1.29 is 23.2 Å². The molecule has 0 spiro atoms. The van der Waals surface area contributed by atoms with E-state index in [1.54, 1.807) is 49.6 Å². The number of rotatable bonds is 7. The zero-order valence-corrected chi connectivity index (χ0v) is 16.7. The average Bonchev–Trinajstić information content (AvgIpc) is 3.30. The number of ether oxygens (including phenoxy) is 2. The molecule has 1 N–H and O–H groups in total. The van der Waals surface area contributed by atoms with Crippen molar-refractivity contribution in [3.63, 3.8) is 0 Å². The number of aromatic nitrogens is 1. The fourth-order valence-corrected chi connectivity index (χ4v) is 2.86. The van der Waals surface area contributed by atoms with Gasteiger partial charge in [0.15, 0.2) is 11.5 Å². The molecule has 0 aliphatic heterocycles. The third kappa shape index (κ3) is 5.08. The number of nitrogens with zero attached hydrogens (tertiary/aromatic N) is 1. The minimum absolute atomic E-state index is 0.196. The SMILES string of the molecule is COc1ccc(-c2cc(C(=O)NCc3ccc(Oc4ccc(F)cc4)cc3)no2)cc1. The highest BCUT2D eigenvalue weighted by molar-refractivity contribution is 5.93. The molecule has 0 aliphatic rings. The first kappa shape index (κ1) is 20.2. The molecule has 0 radical (unpaired) electrons. The van der Waals surface area contributed by atoms with Crippen molar-refractivity contribution in [1.29, 1.82) is 0 Å². The Bertz CT molecular complexity index is 1150. The van der Waals surface area contributed by atoms with E-state index in [-0.39, 0.29) is 17.4 Å². The molecule has 4 aromatic rings. The Kier molecular flexibility index (Phi) is 5.93. The molecule has 1 aromatic heterocycles. The van der Waals surface area contributed by atoms with Gasteiger partial charge in [-0.25, -0.2) is 4.39 Å². The second-order valence-electron chi connectivity index (χ2n) is 6.69. The number of amides is 1. The van der Waals surface area contributed by atoms with Crippen molar-refractivity contribution in [2.45, 2.75) is 6.54 Å². The van der Waals surface area contributed by atoms with Crippen LogP contribution in [0.25, 0.3) is 11.3 Å². The maximum atomic E-state index is 13.0. The highest BCUT2D eigenvalue weighted by Crippen LogP contribution is 2.24. The number of carbonyl (C=O) groups excluding carboxylic acids is 1. The van der Waals surface area contributed by atoms with E-state index in [1.165, 1.54) is 12.1 Å². The lowest BCUT2D eigenvalue weighted by molar-refractivity contribution is 0.0942. The molecule has 4 rings (SSSR count). The van der Waals surface area contributed by atoms with Gasteiger partial charge in [0.1, 0.15) is 23.1 Å². The van der Waals surface area contributed by atoms with Crippen molar-refractivity contribution in [3.05, 3.63) is 95.9 Å². The highest BCUT2D eigenvalue weighted by Gasteiger charge is 2.13. The summed E-state index contributed by atoms with van der Waals surface area (Å²) in [5, 5.41) is 6.66. The van der Waals surface area contributed by atoms with E-state index in [4.69, 9.17) is 14.0 Å². The fraction of sp³-hybridized carbons (Fsp3) is 0.0833. The number of carbonyl (C=O) groups is 1. The summed E-state index contributed by atoms with van der Waals surface area (Å²) in [4.78, 5) is 12.4. The molecular formula is C24H19FN2O4. The van der Waals surface area contributed by atoms with Crippen LogP contribution in [0.2, 0.25) is 0 Å². The molecule has 0 fully saturated rings. The van der Waals surface area contributed by atoms with Crippen molar-refractivity contribution in [2.24, 2.45) is 0 Å². The van der Waals surface area contributed by atoms with Crippen LogP contribution in [0.5, 0.6) is 17.2 Å². The van der Waals surface area contributed by atoms with E-state index >= 15 is 0 Å². The van der Waals surface area contributed by atoms with Crippen molar-refractivity contribution in [3.8, 4) is 28.6 Å². The Balaban J connectivity index is 1.33. The summed E-state index contributed by atoms with van der Waals surface area (Å²) in [7, 11) is 1.60. The van der Waals surface area contributed by atoms with Crippen molar-refractivity contribution >= 4 is 5.91 Å². The van der Waals surface area contributed by atoms with E-state index in [1.807, 2.05) is 24.3 Å². The van der Waals surface area contributed by atoms with Gasteiger partial charge in [-0.15, -0.1) is 0 Å². The predicted molar refractivity (Wildman–Crippen MR) is 113 cm³/mol. The molecule has 0 saturated carbocycles. The molecule has 0 saturated heterocycles. The first-order chi connectivity index (χ1) is 15.1. The largest absolute Gasteiger partial charge is 0.497 e. The summed E-state index contributed by atoms with van der Waals surface area (Å²) in [6.45, 7) is 0.320. The first-order valence-corrected chi connectivity index (χ1v) is 9.52. The van der Waals surface area contributed by atoms with Crippen LogP contribution < -0.4 is 14.8 Å². The Morgan fingerprint density at radius 3 is 2.19 bits per heavy atom. The number of hydrogen-bond acceptors (Lipinski definition) is 5. The fourth-order valence-electron chi connectivity index (χ4n) is 2.86. The molecule has 156 valence electrons. The van der Waals surface area contributed by atoms with Crippen LogP contribution in [0.3, 0.4) is 0 Å². The average molecular weight is 418 g/mol. The van der Waals surface area contributed by atoms with Gasteiger partial charge < -0.3 is 19.3 Å². The predicted octanol–water partition coefficient (Wildman–Crippen LogP) is 5.21. The Labute approximate surface area is 178 Å². The number of nitrogens with one attached hydrogen (secondary N) is 1. The van der Waals surface area contributed by atoms with Crippen LogP contribution in [-0.4, -0.2) is 18.2 Å². The molecule has 3 aromatic carbocycles. The zero-order chi connectivity index (χ0) is 21.6. The monoisotopic (exact) mass is 418 g/mol. The smallest absolute Gasteiger partial charge is 0.273 e. The van der Waals surface area contributed by atoms with Gasteiger partial charge in [0.2, 0.25) is 0 Å². The molecule has 0 aliphatic carbocycles. The first-order valence-electron chi connectivity index (χ1n) is 9.52. The maximum absolute atomic E-state index is 13.0. The van der Waals surface area contributed by atoms with Crippen LogP contribution in [-0.2, 0) is 6.54 Å². The summed E-state index contributed by atoms with van der Waals surface area (Å²) >= 11 is 0. The van der Waals surface area contributed by atoms with Crippen molar-refractivity contribution in [1.82, 2.24) is 10.5 Å². The molecule has 0 atom stereocenters. The number of benzene rings is 3. The summed E-state index contributed by atoms with van der Waals surface area (Å²) < 4.78 is 29.0. The van der Waals surface area contributed by atoms with Gasteiger partial charge in [-0.3, -0.25) is 4.79 Å². The van der Waals surface area contributed by atoms with Gasteiger partial charge in [0.05, 0.1) is 7.11 Å². The van der Waals surface area contributed by atoms with E-state index in [0.717, 1.165) is 16.9 Å². The standard InChI is InChI=1S/C24H19FN2O4/c1-29-19-10-4-17(5-11-19)23-14-22(27-31-23)24(28)26-15-16-2-8-20(9-3-16)30-21-12-6-18(25)7-13-21/h2-14H,15H2,1H3,(H,26,28). The van der Waals surface area contributed by atoms with E-state index in [2.05, 4.69) is 10.5 Å². The lowest BCUT2D eigenvalue weighted by atomic mass is 10.1. The molecule has 6 nitrogen and oxygen atoms in total.